The maximum atomic E-state index is 3.74. The van der Waals surface area contributed by atoms with Crippen molar-refractivity contribution in [3.05, 3.63) is 0 Å². The van der Waals surface area contributed by atoms with E-state index < -0.39 is 0 Å². The van der Waals surface area contributed by atoms with Crippen molar-refractivity contribution < 1.29 is 0 Å². The van der Waals surface area contributed by atoms with Gasteiger partial charge in [0.15, 0.2) is 0 Å². The quantitative estimate of drug-likeness (QED) is 0.627. The Hall–Kier alpha value is 0.0249. The van der Waals surface area contributed by atoms with Gasteiger partial charge in [-0.3, -0.25) is 0 Å². The zero-order chi connectivity index (χ0) is 11.8. The van der Waals surface area contributed by atoms with Crippen LogP contribution in [-0.4, -0.2) is 12.4 Å². The van der Waals surface area contributed by atoms with Crippen LogP contribution in [0.25, 0.3) is 0 Å². The summed E-state index contributed by atoms with van der Waals surface area (Å²) >= 11 is 0. The maximum Gasteiger partial charge on any atom is 0.232 e. The van der Waals surface area contributed by atoms with Crippen LogP contribution in [0, 0.1) is 0 Å². The van der Waals surface area contributed by atoms with E-state index in [1.54, 1.807) is 0 Å². The van der Waals surface area contributed by atoms with Crippen LogP contribution in [-0.2, 0) is 0 Å². The van der Waals surface area contributed by atoms with E-state index in [1.165, 1.54) is 0 Å². The van der Waals surface area contributed by atoms with Crippen LogP contribution in [0.5, 0.6) is 0 Å². The molecule has 0 amide bonds. The summed E-state index contributed by atoms with van der Waals surface area (Å²) in [5.74, 6) is 0. The van der Waals surface area contributed by atoms with E-state index >= 15 is 0 Å². The third kappa shape index (κ3) is 5.04. The fraction of sp³-hybridized carbons (Fsp3) is 1.00. The summed E-state index contributed by atoms with van der Waals surface area (Å²) in [6.45, 7) is 21.1. The molecular formula is C12H28BN. The minimum absolute atomic E-state index is 0.186. The van der Waals surface area contributed by atoms with Gasteiger partial charge in [0.05, 0.1) is 0 Å². The molecule has 2 heteroatoms. The first kappa shape index (κ1) is 14.0. The first-order valence-corrected chi connectivity index (χ1v) is 5.62. The van der Waals surface area contributed by atoms with E-state index in [1.807, 2.05) is 0 Å². The third-order valence-electron chi connectivity index (χ3n) is 2.31. The Kier molecular flexibility index (Phi) is 3.89. The Morgan fingerprint density at radius 2 is 0.929 bits per heavy atom. The van der Waals surface area contributed by atoms with Crippen LogP contribution in [0.15, 0.2) is 0 Å². The van der Waals surface area contributed by atoms with Crippen molar-refractivity contribution in [3.63, 3.8) is 0 Å². The molecule has 1 N–H and O–H groups in total. The Balaban J connectivity index is 4.78. The lowest BCUT2D eigenvalue weighted by Gasteiger charge is -2.42. The molecule has 14 heavy (non-hydrogen) atoms. The summed E-state index contributed by atoms with van der Waals surface area (Å²) in [5, 5.41) is 4.33. The predicted octanol–water partition coefficient (Wildman–Crippen LogP) is 3.97. The molecule has 1 nitrogen and oxygen atoms in total. The van der Waals surface area contributed by atoms with E-state index in [0.29, 0.717) is 17.5 Å². The van der Waals surface area contributed by atoms with E-state index in [-0.39, 0.29) is 5.54 Å². The average molecular weight is 197 g/mol. The molecule has 0 radical (unpaired) electrons. The second kappa shape index (κ2) is 3.88. The summed E-state index contributed by atoms with van der Waals surface area (Å²) in [7, 11) is 0. The fourth-order valence-electron chi connectivity index (χ4n) is 2.17. The fourth-order valence-corrected chi connectivity index (χ4v) is 2.17. The second-order valence-electron chi connectivity index (χ2n) is 7.56. The Morgan fingerprint density at radius 1 is 0.643 bits per heavy atom. The summed E-state index contributed by atoms with van der Waals surface area (Å²) < 4.78 is 0. The molecule has 0 rings (SSSR count). The summed E-state index contributed by atoms with van der Waals surface area (Å²) in [4.78, 5) is 0. The highest BCUT2D eigenvalue weighted by atomic mass is 14.9. The second-order valence-corrected chi connectivity index (χ2v) is 7.56. The summed E-state index contributed by atoms with van der Waals surface area (Å²) in [6.07, 6.45) is 0. The normalized spacial score (nSPS) is 14.4. The van der Waals surface area contributed by atoms with Crippen molar-refractivity contribution >= 4 is 6.85 Å². The smallest absolute Gasteiger partial charge is 0.232 e. The molecule has 0 fully saturated rings. The molecule has 0 unspecified atom stereocenters. The molecule has 0 aromatic carbocycles. The molecule has 0 heterocycles. The van der Waals surface area contributed by atoms with Gasteiger partial charge in [-0.2, -0.15) is 0 Å². The molecule has 0 bridgehead atoms. The van der Waals surface area contributed by atoms with Crippen molar-refractivity contribution in [1.82, 2.24) is 5.23 Å². The van der Waals surface area contributed by atoms with Crippen LogP contribution in [0.2, 0.25) is 10.6 Å². The third-order valence-corrected chi connectivity index (χ3v) is 2.31. The first-order chi connectivity index (χ1) is 5.84. The lowest BCUT2D eigenvalue weighted by atomic mass is 9.31. The molecule has 0 atom stereocenters. The van der Waals surface area contributed by atoms with Crippen LogP contribution >= 0.6 is 0 Å². The largest absolute Gasteiger partial charge is 0.350 e. The Morgan fingerprint density at radius 3 is 1.00 bits per heavy atom. The highest BCUT2D eigenvalue weighted by molar-refractivity contribution is 6.62. The van der Waals surface area contributed by atoms with Crippen molar-refractivity contribution in [2.24, 2.45) is 0 Å². The predicted molar refractivity (Wildman–Crippen MR) is 68.1 cm³/mol. The van der Waals surface area contributed by atoms with Gasteiger partial charge in [-0.1, -0.05) is 41.5 Å². The van der Waals surface area contributed by atoms with Crippen molar-refractivity contribution in [1.29, 1.82) is 0 Å². The van der Waals surface area contributed by atoms with Gasteiger partial charge in [0.1, 0.15) is 0 Å². The lowest BCUT2D eigenvalue weighted by molar-refractivity contribution is 0.481. The van der Waals surface area contributed by atoms with Gasteiger partial charge in [-0.15, -0.1) is 0 Å². The molecule has 0 saturated heterocycles. The van der Waals surface area contributed by atoms with Gasteiger partial charge < -0.3 is 5.23 Å². The Bertz CT molecular complexity index is 164. The minimum Gasteiger partial charge on any atom is -0.350 e. The standard InChI is InChI=1S/C12H28BN/c1-10(2,3)13(11(4,5)6)14-12(7,8)9/h14H,1-9H3. The number of hydrogen-bond donors (Lipinski definition) is 1. The molecule has 0 aliphatic carbocycles. The number of nitrogens with one attached hydrogen (secondary N) is 1. The monoisotopic (exact) mass is 197 g/mol. The van der Waals surface area contributed by atoms with Crippen LogP contribution in [0.1, 0.15) is 62.3 Å². The molecule has 0 aliphatic rings. The molecule has 0 aromatic rings. The minimum atomic E-state index is 0.186. The summed E-state index contributed by atoms with van der Waals surface area (Å²) in [5.41, 5.74) is 0.186. The van der Waals surface area contributed by atoms with E-state index in [0.717, 1.165) is 0 Å². The lowest BCUT2D eigenvalue weighted by Crippen LogP contribution is -2.55. The Labute approximate surface area is 91.1 Å². The van der Waals surface area contributed by atoms with Crippen LogP contribution in [0.4, 0.5) is 0 Å². The SMILES string of the molecule is CC(C)(C)NB(C(C)(C)C)C(C)(C)C. The summed E-state index contributed by atoms with van der Waals surface area (Å²) in [6, 6.07) is 0. The molecule has 84 valence electrons. The van der Waals surface area contributed by atoms with Gasteiger partial charge in [0.2, 0.25) is 6.85 Å². The van der Waals surface area contributed by atoms with Gasteiger partial charge >= 0.3 is 0 Å². The van der Waals surface area contributed by atoms with Gasteiger partial charge in [-0.05, 0) is 36.9 Å². The van der Waals surface area contributed by atoms with Crippen LogP contribution in [0.3, 0.4) is 0 Å². The zero-order valence-corrected chi connectivity index (χ0v) is 11.6. The van der Waals surface area contributed by atoms with Crippen molar-refractivity contribution in [2.75, 3.05) is 0 Å². The van der Waals surface area contributed by atoms with Crippen LogP contribution < -0.4 is 5.23 Å². The van der Waals surface area contributed by atoms with Crippen molar-refractivity contribution in [3.8, 4) is 0 Å². The van der Waals surface area contributed by atoms with E-state index in [4.69, 9.17) is 0 Å². The first-order valence-electron chi connectivity index (χ1n) is 5.62. The van der Waals surface area contributed by atoms with Gasteiger partial charge in [0, 0.05) is 0 Å². The number of hydrogen-bond acceptors (Lipinski definition) is 1. The van der Waals surface area contributed by atoms with E-state index in [2.05, 4.69) is 67.5 Å². The molecule has 0 aromatic heterocycles. The highest BCUT2D eigenvalue weighted by Crippen LogP contribution is 2.40. The number of rotatable bonds is 1. The molecule has 0 saturated carbocycles. The average Bonchev–Trinajstić information content (AvgIpc) is 1.75. The zero-order valence-electron chi connectivity index (χ0n) is 11.6. The molecule has 0 aliphatic heterocycles. The highest BCUT2D eigenvalue weighted by Gasteiger charge is 2.40. The van der Waals surface area contributed by atoms with Gasteiger partial charge in [-0.25, -0.2) is 0 Å². The van der Waals surface area contributed by atoms with E-state index in [9.17, 15) is 0 Å². The van der Waals surface area contributed by atoms with Gasteiger partial charge in [0.25, 0.3) is 0 Å². The molecular weight excluding hydrogens is 169 g/mol. The topological polar surface area (TPSA) is 12.0 Å². The molecule has 0 spiro atoms. The maximum absolute atomic E-state index is 3.74. The van der Waals surface area contributed by atoms with Crippen molar-refractivity contribution in [2.45, 2.75) is 78.5 Å².